The van der Waals surface area contributed by atoms with E-state index in [2.05, 4.69) is 0 Å². The summed E-state index contributed by atoms with van der Waals surface area (Å²) < 4.78 is 10.6. The molecule has 0 saturated carbocycles. The standard InChI is InChI=1S/C12H14INO4/c1-3-18-12(16)6-10(15)7-4-8(13)9(14)5-11(7)17-2/h4-5H,3,6,14H2,1-2H3. The molecule has 0 atom stereocenters. The molecule has 0 bridgehead atoms. The number of nitrogens with two attached hydrogens (primary N) is 1. The van der Waals surface area contributed by atoms with Gasteiger partial charge < -0.3 is 15.2 Å². The number of esters is 1. The molecular weight excluding hydrogens is 349 g/mol. The number of anilines is 1. The summed E-state index contributed by atoms with van der Waals surface area (Å²) in [6.45, 7) is 1.94. The fourth-order valence-electron chi connectivity index (χ4n) is 1.39. The predicted molar refractivity (Wildman–Crippen MR) is 75.7 cm³/mol. The molecular formula is C12H14INO4. The molecule has 0 heterocycles. The van der Waals surface area contributed by atoms with Crippen LogP contribution in [-0.2, 0) is 9.53 Å². The molecule has 0 aliphatic heterocycles. The molecule has 5 nitrogen and oxygen atoms in total. The van der Waals surface area contributed by atoms with Crippen LogP contribution >= 0.6 is 22.6 Å². The normalized spacial score (nSPS) is 9.94. The topological polar surface area (TPSA) is 78.6 Å². The Balaban J connectivity index is 2.98. The molecule has 98 valence electrons. The number of rotatable bonds is 5. The number of halogens is 1. The average molecular weight is 363 g/mol. The van der Waals surface area contributed by atoms with E-state index >= 15 is 0 Å². The molecule has 0 spiro atoms. The van der Waals surface area contributed by atoms with Gasteiger partial charge in [-0.05, 0) is 35.6 Å². The maximum absolute atomic E-state index is 11.9. The quantitative estimate of drug-likeness (QED) is 0.285. The largest absolute Gasteiger partial charge is 0.496 e. The number of carbonyl (C=O) groups is 2. The van der Waals surface area contributed by atoms with E-state index < -0.39 is 5.97 Å². The van der Waals surface area contributed by atoms with Crippen LogP contribution in [0, 0.1) is 3.57 Å². The lowest BCUT2D eigenvalue weighted by atomic mass is 10.1. The van der Waals surface area contributed by atoms with Gasteiger partial charge in [-0.3, -0.25) is 9.59 Å². The van der Waals surface area contributed by atoms with Gasteiger partial charge in [0, 0.05) is 15.3 Å². The highest BCUT2D eigenvalue weighted by atomic mass is 127. The van der Waals surface area contributed by atoms with Crippen molar-refractivity contribution in [2.45, 2.75) is 13.3 Å². The van der Waals surface area contributed by atoms with Gasteiger partial charge in [-0.2, -0.15) is 0 Å². The summed E-state index contributed by atoms with van der Waals surface area (Å²) in [5, 5.41) is 0. The van der Waals surface area contributed by atoms with Crippen molar-refractivity contribution in [3.8, 4) is 5.75 Å². The summed E-state index contributed by atoms with van der Waals surface area (Å²) >= 11 is 2.02. The summed E-state index contributed by atoms with van der Waals surface area (Å²) in [5.41, 5.74) is 6.59. The SMILES string of the molecule is CCOC(=O)CC(=O)c1cc(I)c(N)cc1OC. The molecule has 0 aliphatic carbocycles. The molecule has 6 heteroatoms. The van der Waals surface area contributed by atoms with Gasteiger partial charge in [0.05, 0.1) is 19.3 Å². The van der Waals surface area contributed by atoms with Crippen molar-refractivity contribution >= 4 is 40.0 Å². The van der Waals surface area contributed by atoms with E-state index in [1.54, 1.807) is 19.1 Å². The Bertz CT molecular complexity index is 473. The third kappa shape index (κ3) is 3.59. The first kappa shape index (κ1) is 14.7. The second kappa shape index (κ2) is 6.58. The third-order valence-electron chi connectivity index (χ3n) is 2.23. The van der Waals surface area contributed by atoms with Crippen molar-refractivity contribution < 1.29 is 19.1 Å². The maximum atomic E-state index is 11.9. The number of hydrogen-bond donors (Lipinski definition) is 1. The van der Waals surface area contributed by atoms with E-state index in [-0.39, 0.29) is 18.8 Å². The maximum Gasteiger partial charge on any atom is 0.313 e. The van der Waals surface area contributed by atoms with Crippen molar-refractivity contribution in [2.75, 3.05) is 19.5 Å². The Morgan fingerprint density at radius 1 is 1.39 bits per heavy atom. The first-order chi connectivity index (χ1) is 8.49. The van der Waals surface area contributed by atoms with Crippen LogP contribution < -0.4 is 10.5 Å². The molecule has 2 N–H and O–H groups in total. The van der Waals surface area contributed by atoms with E-state index in [1.165, 1.54) is 7.11 Å². The molecule has 0 radical (unpaired) electrons. The third-order valence-corrected chi connectivity index (χ3v) is 3.16. The van der Waals surface area contributed by atoms with Crippen molar-refractivity contribution in [3.63, 3.8) is 0 Å². The Morgan fingerprint density at radius 2 is 2.06 bits per heavy atom. The molecule has 1 aromatic carbocycles. The van der Waals surface area contributed by atoms with E-state index in [0.717, 1.165) is 3.57 Å². The minimum atomic E-state index is -0.545. The van der Waals surface area contributed by atoms with Gasteiger partial charge in [-0.1, -0.05) is 0 Å². The smallest absolute Gasteiger partial charge is 0.313 e. The summed E-state index contributed by atoms with van der Waals surface area (Å²) in [7, 11) is 1.45. The molecule has 1 rings (SSSR count). The molecule has 0 aliphatic rings. The monoisotopic (exact) mass is 363 g/mol. The summed E-state index contributed by atoms with van der Waals surface area (Å²) in [5.74, 6) is -0.526. The lowest BCUT2D eigenvalue weighted by molar-refractivity contribution is -0.141. The highest BCUT2D eigenvalue weighted by Crippen LogP contribution is 2.27. The fourth-order valence-corrected chi connectivity index (χ4v) is 1.86. The zero-order valence-corrected chi connectivity index (χ0v) is 12.3. The van der Waals surface area contributed by atoms with Crippen LogP contribution in [0.25, 0.3) is 0 Å². The number of ether oxygens (including phenoxy) is 2. The van der Waals surface area contributed by atoms with E-state index in [9.17, 15) is 9.59 Å². The lowest BCUT2D eigenvalue weighted by Crippen LogP contribution is -2.12. The number of methoxy groups -OCH3 is 1. The predicted octanol–water partition coefficient (Wildman–Crippen LogP) is 2.02. The van der Waals surface area contributed by atoms with Crippen LogP contribution in [0.5, 0.6) is 5.75 Å². The summed E-state index contributed by atoms with van der Waals surface area (Å²) in [4.78, 5) is 23.2. The van der Waals surface area contributed by atoms with Crippen LogP contribution in [0.15, 0.2) is 12.1 Å². The van der Waals surface area contributed by atoms with Crippen LogP contribution in [0.1, 0.15) is 23.7 Å². The fraction of sp³-hybridized carbons (Fsp3) is 0.333. The molecule has 0 unspecified atom stereocenters. The van der Waals surface area contributed by atoms with Gasteiger partial charge in [0.25, 0.3) is 0 Å². The first-order valence-corrected chi connectivity index (χ1v) is 6.39. The number of ketones is 1. The van der Waals surface area contributed by atoms with Crippen LogP contribution in [-0.4, -0.2) is 25.5 Å². The van der Waals surface area contributed by atoms with Crippen molar-refractivity contribution in [1.82, 2.24) is 0 Å². The highest BCUT2D eigenvalue weighted by Gasteiger charge is 2.18. The van der Waals surface area contributed by atoms with Crippen molar-refractivity contribution in [1.29, 1.82) is 0 Å². The summed E-state index contributed by atoms with van der Waals surface area (Å²) in [6.07, 6.45) is -0.301. The summed E-state index contributed by atoms with van der Waals surface area (Å²) in [6, 6.07) is 3.18. The Kier molecular flexibility index (Phi) is 5.39. The minimum Gasteiger partial charge on any atom is -0.496 e. The van der Waals surface area contributed by atoms with Gasteiger partial charge in [0.2, 0.25) is 0 Å². The van der Waals surface area contributed by atoms with E-state index in [0.29, 0.717) is 17.0 Å². The van der Waals surface area contributed by atoms with Crippen LogP contribution in [0.2, 0.25) is 0 Å². The van der Waals surface area contributed by atoms with Gasteiger partial charge >= 0.3 is 5.97 Å². The van der Waals surface area contributed by atoms with E-state index in [1.807, 2.05) is 22.6 Å². The molecule has 1 aromatic rings. The number of Topliss-reactive ketones (excluding diaryl/α,β-unsaturated/α-hetero) is 1. The van der Waals surface area contributed by atoms with Crippen molar-refractivity contribution in [3.05, 3.63) is 21.3 Å². The first-order valence-electron chi connectivity index (χ1n) is 5.31. The van der Waals surface area contributed by atoms with Gasteiger partial charge in [0.15, 0.2) is 5.78 Å². The average Bonchev–Trinajstić information content (AvgIpc) is 2.32. The van der Waals surface area contributed by atoms with Crippen LogP contribution in [0.3, 0.4) is 0 Å². The zero-order valence-electron chi connectivity index (χ0n) is 10.2. The Labute approximate surface area is 119 Å². The molecule has 0 amide bonds. The number of nitrogen functional groups attached to an aromatic ring is 1. The molecule has 0 saturated heterocycles. The van der Waals surface area contributed by atoms with Gasteiger partial charge in [-0.25, -0.2) is 0 Å². The number of hydrogen-bond acceptors (Lipinski definition) is 5. The number of carbonyl (C=O) groups excluding carboxylic acids is 2. The van der Waals surface area contributed by atoms with Crippen LogP contribution in [0.4, 0.5) is 5.69 Å². The second-order valence-corrected chi connectivity index (χ2v) is 4.64. The highest BCUT2D eigenvalue weighted by molar-refractivity contribution is 14.1. The van der Waals surface area contributed by atoms with E-state index in [4.69, 9.17) is 15.2 Å². The van der Waals surface area contributed by atoms with Gasteiger partial charge in [-0.15, -0.1) is 0 Å². The molecule has 0 fully saturated rings. The molecule has 18 heavy (non-hydrogen) atoms. The second-order valence-electron chi connectivity index (χ2n) is 3.48. The van der Waals surface area contributed by atoms with Gasteiger partial charge in [0.1, 0.15) is 12.2 Å². The van der Waals surface area contributed by atoms with Crippen molar-refractivity contribution in [2.24, 2.45) is 0 Å². The molecule has 0 aromatic heterocycles. The number of benzene rings is 1. The Morgan fingerprint density at radius 3 is 2.61 bits per heavy atom. The Hall–Kier alpha value is -1.31. The zero-order chi connectivity index (χ0) is 13.7. The lowest BCUT2D eigenvalue weighted by Gasteiger charge is -2.10. The minimum absolute atomic E-state index is 0.253.